The second kappa shape index (κ2) is 5.27. The van der Waals surface area contributed by atoms with Crippen LogP contribution in [0.1, 0.15) is 26.2 Å². The average Bonchev–Trinajstić information content (AvgIpc) is 2.39. The Hall–Kier alpha value is -1.84. The van der Waals surface area contributed by atoms with Crippen molar-refractivity contribution in [1.82, 2.24) is 0 Å². The Morgan fingerprint density at radius 2 is 2.05 bits per heavy atom. The van der Waals surface area contributed by atoms with Crippen molar-refractivity contribution in [3.05, 3.63) is 22.8 Å². The molecule has 0 spiro atoms. The molecule has 0 amide bonds. The number of carbonyl (C=O) groups is 1. The summed E-state index contributed by atoms with van der Waals surface area (Å²) in [6.45, 7) is 1.73. The van der Waals surface area contributed by atoms with Crippen LogP contribution in [0.4, 0.5) is 0 Å². The molecule has 6 heteroatoms. The van der Waals surface area contributed by atoms with Gasteiger partial charge in [0.05, 0.1) is 5.41 Å². The van der Waals surface area contributed by atoms with E-state index in [4.69, 9.17) is 19.9 Å². The largest absolute Gasteiger partial charge is 0.444 e. The van der Waals surface area contributed by atoms with Gasteiger partial charge in [-0.15, -0.1) is 0 Å². The Bertz CT molecular complexity index is 540. The van der Waals surface area contributed by atoms with Crippen LogP contribution in [-0.2, 0) is 19.0 Å². The van der Waals surface area contributed by atoms with Gasteiger partial charge >= 0.3 is 0 Å². The first-order valence-electron chi connectivity index (χ1n) is 6.41. The number of ether oxygens (including phenoxy) is 3. The zero-order valence-electron chi connectivity index (χ0n) is 11.9. The van der Waals surface area contributed by atoms with Crippen molar-refractivity contribution in [2.24, 2.45) is 11.1 Å². The molecule has 0 bridgehead atoms. The number of ketones is 1. The van der Waals surface area contributed by atoms with E-state index in [0.29, 0.717) is 30.6 Å². The highest BCUT2D eigenvalue weighted by Crippen LogP contribution is 2.49. The van der Waals surface area contributed by atoms with Crippen molar-refractivity contribution < 1.29 is 19.0 Å². The van der Waals surface area contributed by atoms with Crippen LogP contribution in [0.5, 0.6) is 0 Å². The topological polar surface area (TPSA) is 94.6 Å². The molecule has 1 heterocycles. The van der Waals surface area contributed by atoms with E-state index >= 15 is 0 Å². The van der Waals surface area contributed by atoms with E-state index in [1.165, 1.54) is 14.2 Å². The molecule has 2 N–H and O–H groups in total. The Morgan fingerprint density at radius 1 is 1.40 bits per heavy atom. The molecule has 0 aromatic rings. The van der Waals surface area contributed by atoms with Gasteiger partial charge in [0, 0.05) is 32.6 Å². The smallest absolute Gasteiger partial charge is 0.205 e. The highest BCUT2D eigenvalue weighted by atomic mass is 16.7. The van der Waals surface area contributed by atoms with Crippen LogP contribution in [0.25, 0.3) is 0 Å². The first kappa shape index (κ1) is 14.6. The monoisotopic (exact) mass is 278 g/mol. The molecular formula is C14H18N2O4. The molecule has 0 saturated heterocycles. The molecule has 1 aliphatic heterocycles. The molecule has 1 unspecified atom stereocenters. The van der Waals surface area contributed by atoms with E-state index in [-0.39, 0.29) is 17.2 Å². The fourth-order valence-corrected chi connectivity index (χ4v) is 3.04. The number of hydrogen-bond donors (Lipinski definition) is 1. The molecule has 108 valence electrons. The van der Waals surface area contributed by atoms with Crippen molar-refractivity contribution in [2.45, 2.75) is 32.5 Å². The van der Waals surface area contributed by atoms with Crippen molar-refractivity contribution in [2.75, 3.05) is 14.2 Å². The molecule has 1 aliphatic carbocycles. The molecule has 0 aromatic carbocycles. The molecule has 0 aromatic heterocycles. The van der Waals surface area contributed by atoms with E-state index in [9.17, 15) is 10.1 Å². The van der Waals surface area contributed by atoms with Gasteiger partial charge in [0.2, 0.25) is 5.88 Å². The molecule has 1 atom stereocenters. The van der Waals surface area contributed by atoms with Gasteiger partial charge < -0.3 is 19.9 Å². The van der Waals surface area contributed by atoms with Crippen LogP contribution in [-0.4, -0.2) is 26.3 Å². The lowest BCUT2D eigenvalue weighted by molar-refractivity contribution is -0.156. The van der Waals surface area contributed by atoms with Crippen molar-refractivity contribution in [1.29, 1.82) is 5.26 Å². The summed E-state index contributed by atoms with van der Waals surface area (Å²) in [5.41, 5.74) is 5.41. The fraction of sp³-hybridized carbons (Fsp3) is 0.571. The first-order chi connectivity index (χ1) is 9.50. The summed E-state index contributed by atoms with van der Waals surface area (Å²) in [4.78, 5) is 12.3. The second-order valence-corrected chi connectivity index (χ2v) is 5.03. The molecule has 0 fully saturated rings. The van der Waals surface area contributed by atoms with E-state index in [0.717, 1.165) is 0 Å². The van der Waals surface area contributed by atoms with Crippen LogP contribution in [0.15, 0.2) is 22.8 Å². The number of Topliss-reactive ketones (excluding diaryl/α,β-unsaturated/α-hetero) is 1. The highest BCUT2D eigenvalue weighted by molar-refractivity contribution is 5.99. The highest BCUT2D eigenvalue weighted by Gasteiger charge is 2.51. The SMILES string of the molecule is COC(OC)C1(C)C(C#N)=C(N)OC2=C1C(=O)CCC2. The van der Waals surface area contributed by atoms with Gasteiger partial charge in [-0.3, -0.25) is 4.79 Å². The van der Waals surface area contributed by atoms with Gasteiger partial charge in [0.25, 0.3) is 0 Å². The maximum atomic E-state index is 12.3. The molecule has 0 radical (unpaired) electrons. The second-order valence-electron chi connectivity index (χ2n) is 5.03. The van der Waals surface area contributed by atoms with E-state index < -0.39 is 11.7 Å². The fourth-order valence-electron chi connectivity index (χ4n) is 3.04. The van der Waals surface area contributed by atoms with Gasteiger partial charge in [-0.25, -0.2) is 0 Å². The van der Waals surface area contributed by atoms with Crippen LogP contribution < -0.4 is 5.73 Å². The number of nitrogens with two attached hydrogens (primary N) is 1. The standard InChI is InChI=1S/C14H18N2O4/c1-14(13(18-2)19-3)8(7-15)12(16)20-10-6-4-5-9(17)11(10)14/h13H,4-6,16H2,1-3H3. The van der Waals surface area contributed by atoms with E-state index in [1.54, 1.807) is 6.92 Å². The molecule has 2 aliphatic rings. The Labute approximate surface area is 117 Å². The van der Waals surface area contributed by atoms with Gasteiger partial charge in [-0.1, -0.05) is 0 Å². The number of hydrogen-bond acceptors (Lipinski definition) is 6. The van der Waals surface area contributed by atoms with Crippen LogP contribution in [0.2, 0.25) is 0 Å². The number of nitrogens with zero attached hydrogens (tertiary/aromatic N) is 1. The number of methoxy groups -OCH3 is 2. The third kappa shape index (κ3) is 1.90. The lowest BCUT2D eigenvalue weighted by atomic mass is 9.69. The van der Waals surface area contributed by atoms with Crippen molar-refractivity contribution in [3.8, 4) is 6.07 Å². The minimum absolute atomic E-state index is 0.0163. The number of nitriles is 1. The third-order valence-electron chi connectivity index (χ3n) is 3.89. The lowest BCUT2D eigenvalue weighted by Gasteiger charge is -2.41. The summed E-state index contributed by atoms with van der Waals surface area (Å²) >= 11 is 0. The summed E-state index contributed by atoms with van der Waals surface area (Å²) in [6.07, 6.45) is 0.979. The van der Waals surface area contributed by atoms with Crippen LogP contribution >= 0.6 is 0 Å². The summed E-state index contributed by atoms with van der Waals surface area (Å²) in [6, 6.07) is 2.03. The van der Waals surface area contributed by atoms with Crippen LogP contribution in [0.3, 0.4) is 0 Å². The number of rotatable bonds is 3. The quantitative estimate of drug-likeness (QED) is 0.783. The van der Waals surface area contributed by atoms with Gasteiger partial charge in [0.1, 0.15) is 17.4 Å². The number of allylic oxidation sites excluding steroid dienone is 1. The molecule has 6 nitrogen and oxygen atoms in total. The summed E-state index contributed by atoms with van der Waals surface area (Å²) in [5.74, 6) is 0.495. The average molecular weight is 278 g/mol. The summed E-state index contributed by atoms with van der Waals surface area (Å²) in [5, 5.41) is 9.40. The third-order valence-corrected chi connectivity index (χ3v) is 3.89. The van der Waals surface area contributed by atoms with Crippen molar-refractivity contribution >= 4 is 5.78 Å². The molecular weight excluding hydrogens is 260 g/mol. The normalized spacial score (nSPS) is 26.4. The minimum atomic E-state index is -1.05. The molecule has 2 rings (SSSR count). The predicted molar refractivity (Wildman–Crippen MR) is 69.7 cm³/mol. The van der Waals surface area contributed by atoms with Crippen LogP contribution in [0, 0.1) is 16.7 Å². The zero-order valence-corrected chi connectivity index (χ0v) is 11.9. The minimum Gasteiger partial charge on any atom is -0.444 e. The maximum Gasteiger partial charge on any atom is 0.205 e. The first-order valence-corrected chi connectivity index (χ1v) is 6.41. The van der Waals surface area contributed by atoms with Gasteiger partial charge in [-0.05, 0) is 13.3 Å². The van der Waals surface area contributed by atoms with Gasteiger partial charge in [-0.2, -0.15) is 5.26 Å². The Balaban J connectivity index is 2.66. The van der Waals surface area contributed by atoms with E-state index in [2.05, 4.69) is 0 Å². The maximum absolute atomic E-state index is 12.3. The Kier molecular flexibility index (Phi) is 3.84. The van der Waals surface area contributed by atoms with Crippen molar-refractivity contribution in [3.63, 3.8) is 0 Å². The number of carbonyl (C=O) groups excluding carboxylic acids is 1. The molecule has 0 saturated carbocycles. The summed E-state index contributed by atoms with van der Waals surface area (Å²) < 4.78 is 16.1. The summed E-state index contributed by atoms with van der Waals surface area (Å²) in [7, 11) is 2.93. The van der Waals surface area contributed by atoms with Gasteiger partial charge in [0.15, 0.2) is 12.1 Å². The van der Waals surface area contributed by atoms with E-state index in [1.807, 2.05) is 6.07 Å². The zero-order chi connectivity index (χ0) is 14.9. The Morgan fingerprint density at radius 3 is 2.60 bits per heavy atom. The lowest BCUT2D eigenvalue weighted by Crippen LogP contribution is -2.45. The predicted octanol–water partition coefficient (Wildman–Crippen LogP) is 1.34. The molecule has 20 heavy (non-hydrogen) atoms.